The van der Waals surface area contributed by atoms with Gasteiger partial charge in [-0.15, -0.1) is 0 Å². The normalized spacial score (nSPS) is 47.2. The van der Waals surface area contributed by atoms with Crippen molar-refractivity contribution in [3.05, 3.63) is 0 Å². The SMILES string of the molecule is COC1CC(=O)C2OC12. The molecule has 1 aliphatic carbocycles. The van der Waals surface area contributed by atoms with Crippen LogP contribution in [-0.4, -0.2) is 31.2 Å². The van der Waals surface area contributed by atoms with E-state index in [1.807, 2.05) is 0 Å². The van der Waals surface area contributed by atoms with E-state index in [2.05, 4.69) is 0 Å². The summed E-state index contributed by atoms with van der Waals surface area (Å²) in [5.41, 5.74) is 0. The van der Waals surface area contributed by atoms with Crippen molar-refractivity contribution in [1.29, 1.82) is 0 Å². The van der Waals surface area contributed by atoms with Gasteiger partial charge in [-0.2, -0.15) is 0 Å². The smallest absolute Gasteiger partial charge is 0.167 e. The molecule has 0 aromatic rings. The summed E-state index contributed by atoms with van der Waals surface area (Å²) < 4.78 is 9.98. The Balaban J connectivity index is 2.08. The molecule has 3 heteroatoms. The molecule has 0 N–H and O–H groups in total. The van der Waals surface area contributed by atoms with Gasteiger partial charge in [0.25, 0.3) is 0 Å². The number of carbonyl (C=O) groups is 1. The van der Waals surface area contributed by atoms with Crippen LogP contribution in [0.5, 0.6) is 0 Å². The van der Waals surface area contributed by atoms with Gasteiger partial charge in [-0.1, -0.05) is 0 Å². The largest absolute Gasteiger partial charge is 0.378 e. The molecule has 3 atom stereocenters. The molecule has 2 fully saturated rings. The van der Waals surface area contributed by atoms with E-state index in [9.17, 15) is 4.79 Å². The first-order valence-electron chi connectivity index (χ1n) is 3.04. The van der Waals surface area contributed by atoms with Crippen molar-refractivity contribution >= 4 is 5.78 Å². The minimum atomic E-state index is -0.102. The first-order chi connectivity index (χ1) is 4.33. The van der Waals surface area contributed by atoms with Crippen LogP contribution < -0.4 is 0 Å². The van der Waals surface area contributed by atoms with Crippen molar-refractivity contribution in [3.8, 4) is 0 Å². The number of rotatable bonds is 1. The summed E-state index contributed by atoms with van der Waals surface area (Å²) >= 11 is 0. The maximum absolute atomic E-state index is 10.8. The van der Waals surface area contributed by atoms with Crippen LogP contribution in [0, 0.1) is 0 Å². The van der Waals surface area contributed by atoms with Gasteiger partial charge in [0.2, 0.25) is 0 Å². The second kappa shape index (κ2) is 1.55. The Labute approximate surface area is 52.9 Å². The van der Waals surface area contributed by atoms with Gasteiger partial charge in [-0.25, -0.2) is 0 Å². The molecule has 0 aromatic carbocycles. The fourth-order valence-electron chi connectivity index (χ4n) is 1.31. The Bertz CT molecular complexity index is 154. The summed E-state index contributed by atoms with van der Waals surface area (Å²) in [6.07, 6.45) is 0.589. The molecule has 1 saturated carbocycles. The first-order valence-corrected chi connectivity index (χ1v) is 3.04. The minimum absolute atomic E-state index is 0.0440. The number of Topliss-reactive ketones (excluding diaryl/α,β-unsaturated/α-hetero) is 1. The molecule has 2 rings (SSSR count). The molecule has 0 aromatic heterocycles. The Morgan fingerprint density at radius 3 is 2.78 bits per heavy atom. The molecule has 9 heavy (non-hydrogen) atoms. The molecule has 0 bridgehead atoms. The number of carbonyl (C=O) groups excluding carboxylic acids is 1. The third-order valence-electron chi connectivity index (χ3n) is 1.91. The van der Waals surface area contributed by atoms with E-state index in [4.69, 9.17) is 9.47 Å². The highest BCUT2D eigenvalue weighted by Crippen LogP contribution is 2.37. The molecule has 2 aliphatic rings. The molecule has 0 amide bonds. The highest BCUT2D eigenvalue weighted by atomic mass is 16.6. The van der Waals surface area contributed by atoms with Crippen LogP contribution in [0.2, 0.25) is 0 Å². The standard InChI is InChI=1S/C6H8O3/c1-8-4-2-3(7)5-6(4)9-5/h4-6H,2H2,1H3. The van der Waals surface area contributed by atoms with E-state index in [1.54, 1.807) is 7.11 Å². The first kappa shape index (κ1) is 5.38. The summed E-state index contributed by atoms with van der Waals surface area (Å²) in [7, 11) is 1.61. The van der Waals surface area contributed by atoms with Crippen molar-refractivity contribution in [1.82, 2.24) is 0 Å². The lowest BCUT2D eigenvalue weighted by Crippen LogP contribution is -2.14. The Morgan fingerprint density at radius 2 is 2.56 bits per heavy atom. The van der Waals surface area contributed by atoms with Gasteiger partial charge in [-0.05, 0) is 0 Å². The maximum atomic E-state index is 10.8. The number of epoxide rings is 1. The highest BCUT2D eigenvalue weighted by Gasteiger charge is 2.56. The third kappa shape index (κ3) is 0.618. The molecule has 1 aliphatic heterocycles. The average Bonchev–Trinajstić information content (AvgIpc) is 2.56. The number of ketones is 1. The summed E-state index contributed by atoms with van der Waals surface area (Å²) in [6, 6.07) is 0. The van der Waals surface area contributed by atoms with Crippen LogP contribution in [0.1, 0.15) is 6.42 Å². The summed E-state index contributed by atoms with van der Waals surface area (Å²) in [5, 5.41) is 0. The van der Waals surface area contributed by atoms with E-state index in [-0.39, 0.29) is 24.1 Å². The van der Waals surface area contributed by atoms with Crippen molar-refractivity contribution in [2.24, 2.45) is 0 Å². The average molecular weight is 128 g/mol. The lowest BCUT2D eigenvalue weighted by atomic mass is 10.3. The molecule has 3 unspecified atom stereocenters. The van der Waals surface area contributed by atoms with Crippen LogP contribution in [0.15, 0.2) is 0 Å². The number of ether oxygens (including phenoxy) is 2. The van der Waals surface area contributed by atoms with Crippen LogP contribution in [0.3, 0.4) is 0 Å². The van der Waals surface area contributed by atoms with E-state index < -0.39 is 0 Å². The summed E-state index contributed by atoms with van der Waals surface area (Å²) in [4.78, 5) is 10.8. The summed E-state index contributed by atoms with van der Waals surface area (Å²) in [6.45, 7) is 0. The predicted octanol–water partition coefficient (Wildman–Crippen LogP) is -0.258. The Morgan fingerprint density at radius 1 is 1.78 bits per heavy atom. The zero-order valence-corrected chi connectivity index (χ0v) is 5.16. The van der Waals surface area contributed by atoms with E-state index in [0.717, 1.165) is 0 Å². The number of hydrogen-bond donors (Lipinski definition) is 0. The molecule has 0 radical (unpaired) electrons. The highest BCUT2D eigenvalue weighted by molar-refractivity contribution is 5.89. The molecule has 3 nitrogen and oxygen atoms in total. The van der Waals surface area contributed by atoms with E-state index in [0.29, 0.717) is 6.42 Å². The van der Waals surface area contributed by atoms with Gasteiger partial charge >= 0.3 is 0 Å². The monoisotopic (exact) mass is 128 g/mol. The van der Waals surface area contributed by atoms with Crippen LogP contribution in [0.4, 0.5) is 0 Å². The Hall–Kier alpha value is -0.410. The van der Waals surface area contributed by atoms with Crippen molar-refractivity contribution in [2.45, 2.75) is 24.7 Å². The summed E-state index contributed by atoms with van der Waals surface area (Å²) in [5.74, 6) is 0.201. The number of methoxy groups -OCH3 is 1. The van der Waals surface area contributed by atoms with E-state index in [1.165, 1.54) is 0 Å². The van der Waals surface area contributed by atoms with Gasteiger partial charge < -0.3 is 9.47 Å². The second-order valence-electron chi connectivity index (χ2n) is 2.47. The fourth-order valence-corrected chi connectivity index (χ4v) is 1.31. The molecular formula is C6H8O3. The lowest BCUT2D eigenvalue weighted by Gasteiger charge is -2.04. The number of fused-ring (bicyclic) bond motifs is 1. The minimum Gasteiger partial charge on any atom is -0.378 e. The van der Waals surface area contributed by atoms with Crippen molar-refractivity contribution in [3.63, 3.8) is 0 Å². The van der Waals surface area contributed by atoms with Gasteiger partial charge in [0.15, 0.2) is 5.78 Å². The molecule has 1 heterocycles. The lowest BCUT2D eigenvalue weighted by molar-refractivity contribution is -0.121. The topological polar surface area (TPSA) is 38.8 Å². The zero-order chi connectivity index (χ0) is 6.43. The Kier molecular flexibility index (Phi) is 0.926. The van der Waals surface area contributed by atoms with Crippen LogP contribution in [-0.2, 0) is 14.3 Å². The van der Waals surface area contributed by atoms with Gasteiger partial charge in [0.1, 0.15) is 12.2 Å². The van der Waals surface area contributed by atoms with E-state index >= 15 is 0 Å². The predicted molar refractivity (Wildman–Crippen MR) is 29.1 cm³/mol. The third-order valence-corrected chi connectivity index (χ3v) is 1.91. The molecule has 0 spiro atoms. The van der Waals surface area contributed by atoms with Crippen molar-refractivity contribution in [2.75, 3.05) is 7.11 Å². The molecule has 1 saturated heterocycles. The number of hydrogen-bond acceptors (Lipinski definition) is 3. The maximum Gasteiger partial charge on any atom is 0.167 e. The van der Waals surface area contributed by atoms with Gasteiger partial charge in [0.05, 0.1) is 6.10 Å². The van der Waals surface area contributed by atoms with Crippen LogP contribution >= 0.6 is 0 Å². The van der Waals surface area contributed by atoms with Gasteiger partial charge in [0, 0.05) is 13.5 Å². The van der Waals surface area contributed by atoms with Gasteiger partial charge in [-0.3, -0.25) is 4.79 Å². The second-order valence-corrected chi connectivity index (χ2v) is 2.47. The fraction of sp³-hybridized carbons (Fsp3) is 0.833. The quantitative estimate of drug-likeness (QED) is 0.457. The zero-order valence-electron chi connectivity index (χ0n) is 5.16. The van der Waals surface area contributed by atoms with Crippen LogP contribution in [0.25, 0.3) is 0 Å². The molecule has 50 valence electrons. The molecular weight excluding hydrogens is 120 g/mol. The van der Waals surface area contributed by atoms with Crippen molar-refractivity contribution < 1.29 is 14.3 Å².